The summed E-state index contributed by atoms with van der Waals surface area (Å²) in [5.74, 6) is 2.90. The van der Waals surface area contributed by atoms with Gasteiger partial charge in [-0.15, -0.1) is 12.3 Å². The van der Waals surface area contributed by atoms with Crippen molar-refractivity contribution in [3.05, 3.63) is 51.3 Å². The summed E-state index contributed by atoms with van der Waals surface area (Å²) in [4.78, 5) is 23.1. The molecule has 1 aromatic heterocycles. The summed E-state index contributed by atoms with van der Waals surface area (Å²) in [6, 6.07) is 5.34. The van der Waals surface area contributed by atoms with Crippen molar-refractivity contribution < 1.29 is 9.53 Å². The second-order valence-corrected chi connectivity index (χ2v) is 7.33. The molecule has 3 rings (SSSR count). The van der Waals surface area contributed by atoms with Crippen molar-refractivity contribution >= 4 is 35.1 Å². The maximum absolute atomic E-state index is 12.5. The lowest BCUT2D eigenvalue weighted by Crippen LogP contribution is -2.35. The number of halogens is 2. The van der Waals surface area contributed by atoms with Crippen LogP contribution < -0.4 is 5.32 Å². The van der Waals surface area contributed by atoms with Crippen LogP contribution >= 0.6 is 23.2 Å². The summed E-state index contributed by atoms with van der Waals surface area (Å²) < 4.78 is 5.48. The molecule has 146 valence electrons. The van der Waals surface area contributed by atoms with Crippen molar-refractivity contribution in [3.63, 3.8) is 0 Å². The third-order valence-corrected chi connectivity index (χ3v) is 4.74. The van der Waals surface area contributed by atoms with E-state index in [1.54, 1.807) is 24.1 Å². The molecule has 8 heteroatoms. The lowest BCUT2D eigenvalue weighted by molar-refractivity contribution is -0.143. The van der Waals surface area contributed by atoms with Gasteiger partial charge in [-0.05, 0) is 30.7 Å². The van der Waals surface area contributed by atoms with Gasteiger partial charge in [-0.2, -0.15) is 0 Å². The Balaban J connectivity index is 1.59. The molecule has 1 aromatic carbocycles. The smallest absolute Gasteiger partial charge is 0.252 e. The second kappa shape index (κ2) is 9.24. The van der Waals surface area contributed by atoms with E-state index in [2.05, 4.69) is 21.2 Å². The molecule has 2 aromatic rings. The van der Waals surface area contributed by atoms with Gasteiger partial charge in [0.1, 0.15) is 6.10 Å². The third-order valence-electron chi connectivity index (χ3n) is 4.30. The van der Waals surface area contributed by atoms with Crippen LogP contribution in [0, 0.1) is 12.3 Å². The number of fused-ring (bicyclic) bond motifs is 1. The normalized spacial score (nSPS) is 13.7. The molecule has 1 N–H and O–H groups in total. The summed E-state index contributed by atoms with van der Waals surface area (Å²) in [5.41, 5.74) is 2.68. The largest absolute Gasteiger partial charge is 0.368 e. The van der Waals surface area contributed by atoms with E-state index in [0.717, 1.165) is 16.8 Å². The number of nitrogens with zero attached hydrogens (tertiary/aromatic N) is 3. The molecule has 2 heterocycles. The maximum Gasteiger partial charge on any atom is 0.252 e. The maximum atomic E-state index is 12.5. The third kappa shape index (κ3) is 5.14. The van der Waals surface area contributed by atoms with Crippen LogP contribution in [0.2, 0.25) is 10.0 Å². The number of aromatic nitrogens is 2. The minimum Gasteiger partial charge on any atom is -0.368 e. The molecule has 0 saturated carbocycles. The van der Waals surface area contributed by atoms with E-state index in [-0.39, 0.29) is 5.91 Å². The quantitative estimate of drug-likeness (QED) is 0.548. The highest BCUT2D eigenvalue weighted by Gasteiger charge is 2.28. The molecule has 0 bridgehead atoms. The Morgan fingerprint density at radius 1 is 1.36 bits per heavy atom. The van der Waals surface area contributed by atoms with E-state index < -0.39 is 6.10 Å². The van der Waals surface area contributed by atoms with E-state index >= 15 is 0 Å². The number of terminal acetylenes is 1. The zero-order valence-electron chi connectivity index (χ0n) is 15.4. The lowest BCUT2D eigenvalue weighted by Gasteiger charge is -2.20. The first-order valence-corrected chi connectivity index (χ1v) is 9.59. The Morgan fingerprint density at radius 3 is 2.82 bits per heavy atom. The van der Waals surface area contributed by atoms with Gasteiger partial charge in [0.15, 0.2) is 0 Å². The Morgan fingerprint density at radius 2 is 2.11 bits per heavy atom. The van der Waals surface area contributed by atoms with Crippen molar-refractivity contribution in [2.24, 2.45) is 0 Å². The summed E-state index contributed by atoms with van der Waals surface area (Å²) in [5, 5.41) is 4.31. The van der Waals surface area contributed by atoms with Crippen molar-refractivity contribution in [1.82, 2.24) is 14.9 Å². The molecule has 1 aliphatic rings. The number of hydrogen-bond donors (Lipinski definition) is 1. The van der Waals surface area contributed by atoms with Gasteiger partial charge < -0.3 is 15.0 Å². The van der Waals surface area contributed by atoms with Crippen LogP contribution in [0.3, 0.4) is 0 Å². The molecule has 1 atom stereocenters. The highest BCUT2D eigenvalue weighted by atomic mass is 35.5. The van der Waals surface area contributed by atoms with Gasteiger partial charge in [0.25, 0.3) is 5.91 Å². The van der Waals surface area contributed by atoms with E-state index in [9.17, 15) is 4.79 Å². The molecular formula is C20H20Cl2N4O2. The standard InChI is InChI=1S/C20H20Cl2N4O2/c1-3-4-5-28-13(2)19(27)26-11-15-10-24-20(25-18(15)12-26)23-9-14-6-16(21)8-17(22)7-14/h1,6-8,10,13H,4-5,9,11-12H2,2H3,(H,23,24,25)/t13-/m0/s1. The van der Waals surface area contributed by atoms with Crippen molar-refractivity contribution in [2.45, 2.75) is 39.1 Å². The average molecular weight is 419 g/mol. The molecule has 0 saturated heterocycles. The van der Waals surface area contributed by atoms with Crippen LogP contribution in [0.15, 0.2) is 24.4 Å². The summed E-state index contributed by atoms with van der Waals surface area (Å²) in [7, 11) is 0. The van der Waals surface area contributed by atoms with Gasteiger partial charge in [0.05, 0.1) is 18.8 Å². The topological polar surface area (TPSA) is 67.3 Å². The van der Waals surface area contributed by atoms with Crippen LogP contribution in [-0.2, 0) is 29.2 Å². The van der Waals surface area contributed by atoms with Gasteiger partial charge in [0, 0.05) is 41.3 Å². The molecular weight excluding hydrogens is 399 g/mol. The molecule has 0 spiro atoms. The minimum absolute atomic E-state index is 0.0851. The first-order valence-electron chi connectivity index (χ1n) is 8.83. The molecule has 6 nitrogen and oxygen atoms in total. The van der Waals surface area contributed by atoms with Gasteiger partial charge in [-0.25, -0.2) is 9.97 Å². The fraction of sp³-hybridized carbons (Fsp3) is 0.350. The molecule has 0 aliphatic carbocycles. The van der Waals surface area contributed by atoms with Crippen LogP contribution in [0.4, 0.5) is 5.95 Å². The van der Waals surface area contributed by atoms with Gasteiger partial charge in [-0.3, -0.25) is 4.79 Å². The zero-order chi connectivity index (χ0) is 20.1. The highest BCUT2D eigenvalue weighted by Crippen LogP contribution is 2.23. The Labute approximate surface area is 174 Å². The Kier molecular flexibility index (Phi) is 6.74. The van der Waals surface area contributed by atoms with Gasteiger partial charge in [-0.1, -0.05) is 23.2 Å². The summed E-state index contributed by atoms with van der Waals surface area (Å²) in [6.07, 6.45) is 6.89. The van der Waals surface area contributed by atoms with Crippen LogP contribution in [0.5, 0.6) is 0 Å². The molecule has 1 aliphatic heterocycles. The van der Waals surface area contributed by atoms with E-state index in [0.29, 0.717) is 48.7 Å². The van der Waals surface area contributed by atoms with Crippen LogP contribution in [-0.4, -0.2) is 33.5 Å². The average Bonchev–Trinajstić information content (AvgIpc) is 3.08. The van der Waals surface area contributed by atoms with E-state index in [1.165, 1.54) is 0 Å². The summed E-state index contributed by atoms with van der Waals surface area (Å²) >= 11 is 12.0. The van der Waals surface area contributed by atoms with E-state index in [1.807, 2.05) is 12.1 Å². The highest BCUT2D eigenvalue weighted by molar-refractivity contribution is 6.34. The predicted octanol–water partition coefficient (Wildman–Crippen LogP) is 3.67. The monoisotopic (exact) mass is 418 g/mol. The second-order valence-electron chi connectivity index (χ2n) is 6.46. The first-order chi connectivity index (χ1) is 13.5. The Bertz CT molecular complexity index is 893. The SMILES string of the molecule is C#CCCO[C@@H](C)C(=O)N1Cc2cnc(NCc3cc(Cl)cc(Cl)c3)nc2C1. The number of nitrogens with one attached hydrogen (secondary N) is 1. The summed E-state index contributed by atoms with van der Waals surface area (Å²) in [6.45, 7) is 3.49. The van der Waals surface area contributed by atoms with Gasteiger partial charge >= 0.3 is 0 Å². The number of anilines is 1. The van der Waals surface area contributed by atoms with E-state index in [4.69, 9.17) is 34.4 Å². The van der Waals surface area contributed by atoms with Crippen molar-refractivity contribution in [3.8, 4) is 12.3 Å². The number of amides is 1. The number of carbonyl (C=O) groups is 1. The number of carbonyl (C=O) groups excluding carboxylic acids is 1. The van der Waals surface area contributed by atoms with Gasteiger partial charge in [0.2, 0.25) is 5.95 Å². The van der Waals surface area contributed by atoms with Crippen molar-refractivity contribution in [1.29, 1.82) is 0 Å². The Hall–Kier alpha value is -2.33. The minimum atomic E-state index is -0.541. The first kappa shape index (κ1) is 20.4. The fourth-order valence-corrected chi connectivity index (χ4v) is 3.48. The predicted molar refractivity (Wildman–Crippen MR) is 109 cm³/mol. The van der Waals surface area contributed by atoms with Crippen molar-refractivity contribution in [2.75, 3.05) is 11.9 Å². The molecule has 0 unspecified atom stereocenters. The van der Waals surface area contributed by atoms with Crippen LogP contribution in [0.25, 0.3) is 0 Å². The van der Waals surface area contributed by atoms with Crippen LogP contribution in [0.1, 0.15) is 30.2 Å². The number of ether oxygens (including phenoxy) is 1. The molecule has 1 amide bonds. The molecule has 0 radical (unpaired) electrons. The number of rotatable bonds is 7. The number of hydrogen-bond acceptors (Lipinski definition) is 5. The fourth-order valence-electron chi connectivity index (χ4n) is 2.91. The lowest BCUT2D eigenvalue weighted by atomic mass is 10.2. The molecule has 0 fully saturated rings. The zero-order valence-corrected chi connectivity index (χ0v) is 16.9. The molecule has 28 heavy (non-hydrogen) atoms. The number of benzene rings is 1.